The van der Waals surface area contributed by atoms with Gasteiger partial charge in [-0.15, -0.1) is 0 Å². The van der Waals surface area contributed by atoms with Crippen LogP contribution in [-0.2, 0) is 19.6 Å². The van der Waals surface area contributed by atoms with Crippen LogP contribution in [0.2, 0.25) is 0 Å². The molecule has 4 aromatic rings. The van der Waals surface area contributed by atoms with Gasteiger partial charge in [0.1, 0.15) is 5.58 Å². The molecule has 0 saturated carbocycles. The van der Waals surface area contributed by atoms with E-state index in [-0.39, 0.29) is 5.63 Å². The van der Waals surface area contributed by atoms with Gasteiger partial charge >= 0.3 is 5.63 Å². The van der Waals surface area contributed by atoms with Crippen LogP contribution in [0.5, 0.6) is 0 Å². The van der Waals surface area contributed by atoms with Crippen LogP contribution in [0, 0.1) is 6.92 Å². The van der Waals surface area contributed by atoms with Crippen LogP contribution < -0.4 is 5.63 Å². The molecule has 0 bridgehead atoms. The van der Waals surface area contributed by atoms with Gasteiger partial charge in [0.2, 0.25) is 0 Å². The summed E-state index contributed by atoms with van der Waals surface area (Å²) < 4.78 is 5.41. The minimum atomic E-state index is -0.303. The maximum atomic E-state index is 11.7. The van der Waals surface area contributed by atoms with E-state index >= 15 is 0 Å². The van der Waals surface area contributed by atoms with Gasteiger partial charge in [0.15, 0.2) is 0 Å². The third-order valence-electron chi connectivity index (χ3n) is 4.54. The van der Waals surface area contributed by atoms with E-state index < -0.39 is 0 Å². The molecule has 1 aromatic carbocycles. The average molecular weight is 376 g/mol. The van der Waals surface area contributed by atoms with Crippen LogP contribution in [0.4, 0.5) is 0 Å². The highest BCUT2D eigenvalue weighted by Gasteiger charge is 2.11. The molecule has 0 N–H and O–H groups in total. The molecule has 5 heteroatoms. The Bertz CT molecular complexity index is 1090. The molecule has 0 radical (unpaired) electrons. The highest BCUT2D eigenvalue weighted by molar-refractivity contribution is 7.07. The van der Waals surface area contributed by atoms with Gasteiger partial charge in [-0.3, -0.25) is 9.88 Å². The molecule has 0 aliphatic rings. The number of thiophene rings is 1. The standard InChI is InChI=1S/C22H20N2O2S/c1-16-9-22(25)26-21-10-17(4-5-20(16)21)12-24(14-19-6-8-27-15-19)13-18-3-2-7-23-11-18/h2-11,15H,12-14H2,1H3. The van der Waals surface area contributed by atoms with Crippen LogP contribution in [0.3, 0.4) is 0 Å². The maximum Gasteiger partial charge on any atom is 0.336 e. The van der Waals surface area contributed by atoms with Gasteiger partial charge in [0.25, 0.3) is 0 Å². The third-order valence-corrected chi connectivity index (χ3v) is 5.27. The molecule has 3 heterocycles. The normalized spacial score (nSPS) is 11.3. The summed E-state index contributed by atoms with van der Waals surface area (Å²) in [5.74, 6) is 0. The van der Waals surface area contributed by atoms with Crippen LogP contribution >= 0.6 is 11.3 Å². The van der Waals surface area contributed by atoms with Gasteiger partial charge in [-0.1, -0.05) is 18.2 Å². The second-order valence-electron chi connectivity index (χ2n) is 6.72. The van der Waals surface area contributed by atoms with Crippen molar-refractivity contribution in [3.63, 3.8) is 0 Å². The molecular formula is C22H20N2O2S. The van der Waals surface area contributed by atoms with Crippen molar-refractivity contribution in [2.24, 2.45) is 0 Å². The van der Waals surface area contributed by atoms with Gasteiger partial charge < -0.3 is 4.42 Å². The number of fused-ring (bicyclic) bond motifs is 1. The second kappa shape index (κ2) is 7.86. The zero-order chi connectivity index (χ0) is 18.6. The minimum absolute atomic E-state index is 0.303. The third kappa shape index (κ3) is 4.32. The number of aromatic nitrogens is 1. The minimum Gasteiger partial charge on any atom is -0.423 e. The Morgan fingerprint density at radius 2 is 1.89 bits per heavy atom. The first-order chi connectivity index (χ1) is 13.2. The predicted octanol–water partition coefficient (Wildman–Crippen LogP) is 4.76. The SMILES string of the molecule is Cc1cc(=O)oc2cc(CN(Cc3cccnc3)Cc3ccsc3)ccc12. The second-order valence-corrected chi connectivity index (χ2v) is 7.50. The lowest BCUT2D eigenvalue weighted by atomic mass is 10.1. The monoisotopic (exact) mass is 376 g/mol. The quantitative estimate of drug-likeness (QED) is 0.455. The van der Waals surface area contributed by atoms with Crippen molar-refractivity contribution in [2.45, 2.75) is 26.6 Å². The summed E-state index contributed by atoms with van der Waals surface area (Å²) in [6.07, 6.45) is 3.70. The molecule has 0 fully saturated rings. The summed E-state index contributed by atoms with van der Waals surface area (Å²) in [6, 6.07) is 13.9. The predicted molar refractivity (Wildman–Crippen MR) is 109 cm³/mol. The lowest BCUT2D eigenvalue weighted by molar-refractivity contribution is 0.248. The molecule has 0 amide bonds. The molecule has 0 saturated heterocycles. The molecule has 0 aliphatic heterocycles. The maximum absolute atomic E-state index is 11.7. The molecule has 0 aliphatic carbocycles. The van der Waals surface area contributed by atoms with Gasteiger partial charge in [0.05, 0.1) is 0 Å². The van der Waals surface area contributed by atoms with Crippen molar-refractivity contribution in [3.05, 3.63) is 98.3 Å². The Morgan fingerprint density at radius 3 is 2.67 bits per heavy atom. The van der Waals surface area contributed by atoms with Gasteiger partial charge in [-0.25, -0.2) is 4.79 Å². The Hall–Kier alpha value is -2.76. The average Bonchev–Trinajstić information content (AvgIpc) is 3.15. The summed E-state index contributed by atoms with van der Waals surface area (Å²) in [6.45, 7) is 4.36. The molecule has 27 heavy (non-hydrogen) atoms. The summed E-state index contributed by atoms with van der Waals surface area (Å²) in [5.41, 5.74) is 4.88. The van der Waals surface area contributed by atoms with E-state index in [0.29, 0.717) is 5.58 Å². The van der Waals surface area contributed by atoms with E-state index in [1.54, 1.807) is 17.5 Å². The zero-order valence-electron chi connectivity index (χ0n) is 15.1. The molecule has 3 aromatic heterocycles. The van der Waals surface area contributed by atoms with Crippen molar-refractivity contribution in [1.29, 1.82) is 0 Å². The largest absolute Gasteiger partial charge is 0.423 e. The highest BCUT2D eigenvalue weighted by atomic mass is 32.1. The van der Waals surface area contributed by atoms with Crippen LogP contribution in [-0.4, -0.2) is 9.88 Å². The van der Waals surface area contributed by atoms with Crippen LogP contribution in [0.15, 0.2) is 74.8 Å². The lowest BCUT2D eigenvalue weighted by Crippen LogP contribution is -2.22. The van der Waals surface area contributed by atoms with E-state index in [1.165, 1.54) is 17.2 Å². The summed E-state index contributed by atoms with van der Waals surface area (Å²) in [4.78, 5) is 18.3. The van der Waals surface area contributed by atoms with Crippen LogP contribution in [0.1, 0.15) is 22.3 Å². The highest BCUT2D eigenvalue weighted by Crippen LogP contribution is 2.21. The van der Waals surface area contributed by atoms with E-state index in [9.17, 15) is 4.79 Å². The summed E-state index contributed by atoms with van der Waals surface area (Å²) in [7, 11) is 0. The number of pyridine rings is 1. The smallest absolute Gasteiger partial charge is 0.336 e. The molecule has 136 valence electrons. The fourth-order valence-electron chi connectivity index (χ4n) is 3.28. The Labute approximate surface area is 161 Å². The van der Waals surface area contributed by atoms with Gasteiger partial charge in [0, 0.05) is 43.5 Å². The van der Waals surface area contributed by atoms with E-state index in [4.69, 9.17) is 4.42 Å². The fourth-order valence-corrected chi connectivity index (χ4v) is 3.94. The molecule has 0 unspecified atom stereocenters. The van der Waals surface area contributed by atoms with Gasteiger partial charge in [-0.2, -0.15) is 11.3 Å². The van der Waals surface area contributed by atoms with Crippen molar-refractivity contribution in [3.8, 4) is 0 Å². The molecule has 4 nitrogen and oxygen atoms in total. The topological polar surface area (TPSA) is 46.3 Å². The summed E-state index contributed by atoms with van der Waals surface area (Å²) >= 11 is 1.71. The van der Waals surface area contributed by atoms with Crippen molar-refractivity contribution < 1.29 is 4.42 Å². The number of hydrogen-bond donors (Lipinski definition) is 0. The Kier molecular flexibility index (Phi) is 5.14. The molecule has 0 atom stereocenters. The van der Waals surface area contributed by atoms with Crippen molar-refractivity contribution in [1.82, 2.24) is 9.88 Å². The number of aryl methyl sites for hydroxylation is 1. The van der Waals surface area contributed by atoms with E-state index in [1.807, 2.05) is 31.3 Å². The first-order valence-electron chi connectivity index (χ1n) is 8.83. The molecule has 0 spiro atoms. The zero-order valence-corrected chi connectivity index (χ0v) is 15.9. The van der Waals surface area contributed by atoms with E-state index in [2.05, 4.69) is 38.8 Å². The van der Waals surface area contributed by atoms with Crippen molar-refractivity contribution in [2.75, 3.05) is 0 Å². The first kappa shape index (κ1) is 17.6. The lowest BCUT2D eigenvalue weighted by Gasteiger charge is -2.22. The summed E-state index contributed by atoms with van der Waals surface area (Å²) in [5, 5.41) is 5.26. The van der Waals surface area contributed by atoms with E-state index in [0.717, 1.165) is 36.1 Å². The number of rotatable bonds is 6. The number of benzene rings is 1. The number of nitrogens with zero attached hydrogens (tertiary/aromatic N) is 2. The fraction of sp³-hybridized carbons (Fsp3) is 0.182. The Balaban J connectivity index is 1.62. The first-order valence-corrected chi connectivity index (χ1v) is 9.77. The van der Waals surface area contributed by atoms with Gasteiger partial charge in [-0.05, 0) is 58.1 Å². The molecular weight excluding hydrogens is 356 g/mol. The molecule has 4 rings (SSSR count). The number of hydrogen-bond acceptors (Lipinski definition) is 5. The van der Waals surface area contributed by atoms with Crippen LogP contribution in [0.25, 0.3) is 11.0 Å². The van der Waals surface area contributed by atoms with Crippen molar-refractivity contribution >= 4 is 22.3 Å². The Morgan fingerprint density at radius 1 is 1.04 bits per heavy atom.